The molecule has 1 atom stereocenters. The Bertz CT molecular complexity index is 335. The summed E-state index contributed by atoms with van der Waals surface area (Å²) in [6, 6.07) is 3.99. The van der Waals surface area contributed by atoms with Crippen molar-refractivity contribution >= 4 is 5.78 Å². The number of hydrogen-bond donors (Lipinski definition) is 1. The van der Waals surface area contributed by atoms with Crippen molar-refractivity contribution in [3.8, 4) is 0 Å². The maximum Gasteiger partial charge on any atom is 0.211 e. The number of likely N-dealkylation sites (tertiary alicyclic amines) is 1. The van der Waals surface area contributed by atoms with Crippen LogP contribution in [0, 0.1) is 0 Å². The molecular formula is C12H18N2O2. The van der Waals surface area contributed by atoms with Crippen LogP contribution in [0.3, 0.4) is 0 Å². The fraction of sp³-hybridized carbons (Fsp3) is 0.583. The van der Waals surface area contributed by atoms with Crippen LogP contribution in [0.15, 0.2) is 22.8 Å². The van der Waals surface area contributed by atoms with Gasteiger partial charge >= 0.3 is 0 Å². The Morgan fingerprint density at radius 2 is 2.56 bits per heavy atom. The molecule has 1 aliphatic rings. The Morgan fingerprint density at radius 3 is 3.25 bits per heavy atom. The molecule has 0 bridgehead atoms. The molecule has 0 aromatic carbocycles. The molecular weight excluding hydrogens is 204 g/mol. The molecule has 0 amide bonds. The predicted molar refractivity (Wildman–Crippen MR) is 61.6 cm³/mol. The molecule has 0 radical (unpaired) electrons. The van der Waals surface area contributed by atoms with Gasteiger partial charge in [-0.1, -0.05) is 0 Å². The first-order valence-corrected chi connectivity index (χ1v) is 5.76. The first kappa shape index (κ1) is 11.4. The summed E-state index contributed by atoms with van der Waals surface area (Å²) in [5, 5.41) is 3.27. The number of carbonyl (C=O) groups is 1. The van der Waals surface area contributed by atoms with Gasteiger partial charge in [0, 0.05) is 12.6 Å². The minimum absolute atomic E-state index is 0.0711. The van der Waals surface area contributed by atoms with Crippen LogP contribution < -0.4 is 5.32 Å². The van der Waals surface area contributed by atoms with E-state index >= 15 is 0 Å². The van der Waals surface area contributed by atoms with E-state index in [-0.39, 0.29) is 5.78 Å². The number of hydrogen-bond acceptors (Lipinski definition) is 4. The molecule has 0 unspecified atom stereocenters. The van der Waals surface area contributed by atoms with E-state index in [1.807, 2.05) is 7.05 Å². The van der Waals surface area contributed by atoms with Crippen molar-refractivity contribution in [2.75, 3.05) is 26.7 Å². The summed E-state index contributed by atoms with van der Waals surface area (Å²) in [5.41, 5.74) is 0. The van der Waals surface area contributed by atoms with E-state index in [0.717, 1.165) is 19.5 Å². The summed E-state index contributed by atoms with van der Waals surface area (Å²) in [5.74, 6) is 0.535. The predicted octanol–water partition coefficient (Wildman–Crippen LogP) is 1.15. The van der Waals surface area contributed by atoms with Crippen molar-refractivity contribution in [1.29, 1.82) is 0 Å². The minimum Gasteiger partial charge on any atom is -0.461 e. The number of rotatable bonds is 4. The summed E-state index contributed by atoms with van der Waals surface area (Å²) in [6.45, 7) is 2.42. The second-order valence-corrected chi connectivity index (χ2v) is 4.26. The molecule has 16 heavy (non-hydrogen) atoms. The third kappa shape index (κ3) is 2.71. The molecule has 1 N–H and O–H groups in total. The molecule has 4 nitrogen and oxygen atoms in total. The number of Topliss-reactive ketones (excluding diaryl/α,β-unsaturated/α-hetero) is 1. The van der Waals surface area contributed by atoms with Crippen molar-refractivity contribution in [2.45, 2.75) is 18.9 Å². The van der Waals surface area contributed by atoms with Crippen molar-refractivity contribution in [1.82, 2.24) is 10.2 Å². The number of carbonyl (C=O) groups excluding carboxylic acids is 1. The fourth-order valence-electron chi connectivity index (χ4n) is 2.15. The molecule has 1 aromatic heterocycles. The zero-order valence-electron chi connectivity index (χ0n) is 9.61. The Labute approximate surface area is 95.6 Å². The number of likely N-dealkylation sites (N-methyl/N-ethyl adjacent to an activating group) is 1. The largest absolute Gasteiger partial charge is 0.461 e. The second kappa shape index (κ2) is 5.27. The number of nitrogens with one attached hydrogen (secondary N) is 1. The van der Waals surface area contributed by atoms with E-state index in [2.05, 4.69) is 10.2 Å². The topological polar surface area (TPSA) is 45.5 Å². The average Bonchev–Trinajstić information content (AvgIpc) is 2.83. The van der Waals surface area contributed by atoms with Crippen molar-refractivity contribution in [2.24, 2.45) is 0 Å². The molecule has 1 aliphatic heterocycles. The molecule has 0 spiro atoms. The zero-order valence-corrected chi connectivity index (χ0v) is 9.61. The highest BCUT2D eigenvalue weighted by Crippen LogP contribution is 2.11. The van der Waals surface area contributed by atoms with Gasteiger partial charge in [0.2, 0.25) is 5.78 Å². The van der Waals surface area contributed by atoms with E-state index in [1.165, 1.54) is 6.42 Å². The highest BCUT2D eigenvalue weighted by atomic mass is 16.3. The Kier molecular flexibility index (Phi) is 3.74. The van der Waals surface area contributed by atoms with Gasteiger partial charge < -0.3 is 9.73 Å². The average molecular weight is 222 g/mol. The van der Waals surface area contributed by atoms with Gasteiger partial charge in [0.05, 0.1) is 12.8 Å². The normalized spacial score (nSPS) is 22.2. The molecule has 0 aliphatic carbocycles. The SMILES string of the molecule is CN[C@@H]1CCCN(CC(=O)c2ccco2)C1. The van der Waals surface area contributed by atoms with Gasteiger partial charge in [0.15, 0.2) is 5.76 Å². The number of piperidine rings is 1. The zero-order chi connectivity index (χ0) is 11.4. The van der Waals surface area contributed by atoms with E-state index < -0.39 is 0 Å². The van der Waals surface area contributed by atoms with Crippen LogP contribution in [0.4, 0.5) is 0 Å². The molecule has 0 saturated carbocycles. The van der Waals surface area contributed by atoms with Gasteiger partial charge in [-0.3, -0.25) is 9.69 Å². The summed E-state index contributed by atoms with van der Waals surface area (Å²) in [4.78, 5) is 14.0. The van der Waals surface area contributed by atoms with Crippen molar-refractivity contribution in [3.05, 3.63) is 24.2 Å². The first-order chi connectivity index (χ1) is 7.79. The maximum absolute atomic E-state index is 11.8. The number of ketones is 1. The third-order valence-electron chi connectivity index (χ3n) is 3.08. The monoisotopic (exact) mass is 222 g/mol. The summed E-state index contributed by atoms with van der Waals surface area (Å²) >= 11 is 0. The molecule has 88 valence electrons. The molecule has 1 aromatic rings. The summed E-state index contributed by atoms with van der Waals surface area (Å²) in [7, 11) is 1.97. The van der Waals surface area contributed by atoms with E-state index in [0.29, 0.717) is 18.3 Å². The maximum atomic E-state index is 11.8. The lowest BCUT2D eigenvalue weighted by Crippen LogP contribution is -2.46. The second-order valence-electron chi connectivity index (χ2n) is 4.26. The quantitative estimate of drug-likeness (QED) is 0.776. The number of nitrogens with zero attached hydrogens (tertiary/aromatic N) is 1. The third-order valence-corrected chi connectivity index (χ3v) is 3.08. The molecule has 1 fully saturated rings. The van der Waals surface area contributed by atoms with Crippen LogP contribution in [0.5, 0.6) is 0 Å². The van der Waals surface area contributed by atoms with E-state index in [9.17, 15) is 4.79 Å². The van der Waals surface area contributed by atoms with Crippen LogP contribution in [0.2, 0.25) is 0 Å². The van der Waals surface area contributed by atoms with Crippen LogP contribution >= 0.6 is 0 Å². The van der Waals surface area contributed by atoms with Gasteiger partial charge in [-0.25, -0.2) is 0 Å². The van der Waals surface area contributed by atoms with Crippen LogP contribution in [0.1, 0.15) is 23.4 Å². The van der Waals surface area contributed by atoms with E-state index in [4.69, 9.17) is 4.42 Å². The molecule has 2 rings (SSSR count). The van der Waals surface area contributed by atoms with Gasteiger partial charge in [0.1, 0.15) is 0 Å². The lowest BCUT2D eigenvalue weighted by Gasteiger charge is -2.31. The summed E-state index contributed by atoms with van der Waals surface area (Å²) in [6.07, 6.45) is 3.89. The van der Waals surface area contributed by atoms with Crippen molar-refractivity contribution < 1.29 is 9.21 Å². The van der Waals surface area contributed by atoms with Gasteiger partial charge in [0.25, 0.3) is 0 Å². The number of furan rings is 1. The molecule has 1 saturated heterocycles. The smallest absolute Gasteiger partial charge is 0.211 e. The minimum atomic E-state index is 0.0711. The highest BCUT2D eigenvalue weighted by molar-refractivity contribution is 5.94. The first-order valence-electron chi connectivity index (χ1n) is 5.76. The van der Waals surface area contributed by atoms with Crippen LogP contribution in [-0.4, -0.2) is 43.4 Å². The van der Waals surface area contributed by atoms with Gasteiger partial charge in [-0.2, -0.15) is 0 Å². The van der Waals surface area contributed by atoms with Crippen LogP contribution in [0.25, 0.3) is 0 Å². The fourth-order valence-corrected chi connectivity index (χ4v) is 2.15. The Balaban J connectivity index is 1.87. The summed E-state index contributed by atoms with van der Waals surface area (Å²) < 4.78 is 5.10. The van der Waals surface area contributed by atoms with Gasteiger partial charge in [-0.05, 0) is 38.6 Å². The molecule has 2 heterocycles. The Hall–Kier alpha value is -1.13. The highest BCUT2D eigenvalue weighted by Gasteiger charge is 2.21. The standard InChI is InChI=1S/C12H18N2O2/c1-13-10-4-2-6-14(8-10)9-11(15)12-5-3-7-16-12/h3,5,7,10,13H,2,4,6,8-9H2,1H3/t10-/m1/s1. The van der Waals surface area contributed by atoms with E-state index in [1.54, 1.807) is 18.4 Å². The lowest BCUT2D eigenvalue weighted by atomic mass is 10.1. The lowest BCUT2D eigenvalue weighted by molar-refractivity contribution is 0.0874. The van der Waals surface area contributed by atoms with Crippen LogP contribution in [-0.2, 0) is 0 Å². The van der Waals surface area contributed by atoms with Gasteiger partial charge in [-0.15, -0.1) is 0 Å². The van der Waals surface area contributed by atoms with Crippen molar-refractivity contribution in [3.63, 3.8) is 0 Å². The molecule has 4 heteroatoms. The Morgan fingerprint density at radius 1 is 1.69 bits per heavy atom.